The van der Waals surface area contributed by atoms with E-state index in [-0.39, 0.29) is 29.9 Å². The van der Waals surface area contributed by atoms with Crippen LogP contribution < -0.4 is 0 Å². The van der Waals surface area contributed by atoms with Gasteiger partial charge in [-0.2, -0.15) is 0 Å². The molecule has 3 aliphatic heterocycles. The average molecular weight is 394 g/mol. The molecule has 3 saturated heterocycles. The molecule has 0 N–H and O–H groups in total. The summed E-state index contributed by atoms with van der Waals surface area (Å²) in [5.41, 5.74) is 0.622. The van der Waals surface area contributed by atoms with Crippen LogP contribution in [0.3, 0.4) is 0 Å². The Kier molecular flexibility index (Phi) is 4.39. The Balaban J connectivity index is 1.31. The second-order valence-electron chi connectivity index (χ2n) is 8.09. The Morgan fingerprint density at radius 3 is 2.52 bits per heavy atom. The van der Waals surface area contributed by atoms with E-state index in [1.807, 2.05) is 41.3 Å². The van der Waals surface area contributed by atoms with Gasteiger partial charge in [0.25, 0.3) is 11.8 Å². The number of halogens is 1. The minimum Gasteiger partial charge on any atom is -0.342 e. The Labute approximate surface area is 169 Å². The molecule has 1 spiro atoms. The van der Waals surface area contributed by atoms with Gasteiger partial charge in [-0.05, 0) is 42.7 Å². The number of benzene rings is 2. The highest BCUT2D eigenvalue weighted by molar-refractivity contribution is 5.95. The summed E-state index contributed by atoms with van der Waals surface area (Å²) in [6, 6.07) is 15.5. The maximum atomic E-state index is 13.7. The van der Waals surface area contributed by atoms with E-state index in [1.165, 1.54) is 12.1 Å². The number of fused-ring (bicyclic) bond motifs is 1. The van der Waals surface area contributed by atoms with E-state index < -0.39 is 5.60 Å². The Hall–Kier alpha value is -2.73. The van der Waals surface area contributed by atoms with Crippen LogP contribution >= 0.6 is 0 Å². The lowest BCUT2D eigenvalue weighted by Gasteiger charge is -2.37. The van der Waals surface area contributed by atoms with Crippen LogP contribution in [0.4, 0.5) is 4.39 Å². The summed E-state index contributed by atoms with van der Waals surface area (Å²) < 4.78 is 20.0. The number of carbonyl (C=O) groups excluding carboxylic acids is 2. The van der Waals surface area contributed by atoms with Crippen molar-refractivity contribution in [3.63, 3.8) is 0 Å². The third kappa shape index (κ3) is 3.02. The molecule has 0 unspecified atom stereocenters. The van der Waals surface area contributed by atoms with Crippen LogP contribution in [0.2, 0.25) is 0 Å². The lowest BCUT2D eigenvalue weighted by atomic mass is 9.89. The lowest BCUT2D eigenvalue weighted by molar-refractivity contribution is -0.142. The van der Waals surface area contributed by atoms with Gasteiger partial charge < -0.3 is 14.5 Å². The van der Waals surface area contributed by atoms with E-state index >= 15 is 0 Å². The zero-order chi connectivity index (χ0) is 20.0. The molecule has 0 bridgehead atoms. The predicted molar refractivity (Wildman–Crippen MR) is 104 cm³/mol. The quantitative estimate of drug-likeness (QED) is 0.783. The maximum Gasteiger partial charge on any atom is 0.257 e. The van der Waals surface area contributed by atoms with Crippen molar-refractivity contribution in [3.05, 3.63) is 71.5 Å². The SMILES string of the molecule is O=C(c1ccccc1)N1CCC2(CC1)O[C@@H]1CC[C@@H](c3cccc(F)c3)N1C2=O. The molecule has 0 saturated carbocycles. The first-order valence-corrected chi connectivity index (χ1v) is 10.2. The molecule has 2 aromatic rings. The summed E-state index contributed by atoms with van der Waals surface area (Å²) in [5.74, 6) is -0.314. The van der Waals surface area contributed by atoms with E-state index in [4.69, 9.17) is 4.74 Å². The highest BCUT2D eigenvalue weighted by Gasteiger charge is 2.58. The molecule has 29 heavy (non-hydrogen) atoms. The number of hydrogen-bond donors (Lipinski definition) is 0. The minimum absolute atomic E-state index is 0.0102. The summed E-state index contributed by atoms with van der Waals surface area (Å²) in [6.07, 6.45) is 2.25. The van der Waals surface area contributed by atoms with Crippen LogP contribution in [0.1, 0.15) is 47.6 Å². The third-order valence-electron chi connectivity index (χ3n) is 6.43. The molecule has 3 aliphatic rings. The highest BCUT2D eigenvalue weighted by Crippen LogP contribution is 2.47. The fourth-order valence-electron chi connectivity index (χ4n) is 4.92. The van der Waals surface area contributed by atoms with Gasteiger partial charge in [-0.3, -0.25) is 9.59 Å². The Bertz CT molecular complexity index is 940. The van der Waals surface area contributed by atoms with Crippen molar-refractivity contribution < 1.29 is 18.7 Å². The molecule has 150 valence electrons. The molecule has 3 heterocycles. The standard InChI is InChI=1S/C23H23FN2O3/c24-18-8-4-7-17(15-18)19-9-10-20-26(19)22(28)23(29-20)11-13-25(14-12-23)21(27)16-5-2-1-3-6-16/h1-8,15,19-20H,9-14H2/t19-,20+/m0/s1. The van der Waals surface area contributed by atoms with Crippen molar-refractivity contribution in [2.45, 2.75) is 43.6 Å². The summed E-state index contributed by atoms with van der Waals surface area (Å²) >= 11 is 0. The highest BCUT2D eigenvalue weighted by atomic mass is 19.1. The zero-order valence-corrected chi connectivity index (χ0v) is 16.1. The Morgan fingerprint density at radius 1 is 1.03 bits per heavy atom. The van der Waals surface area contributed by atoms with Crippen molar-refractivity contribution in [1.29, 1.82) is 0 Å². The summed E-state index contributed by atoms with van der Waals surface area (Å²) in [7, 11) is 0. The number of ether oxygens (including phenoxy) is 1. The smallest absolute Gasteiger partial charge is 0.257 e. The van der Waals surface area contributed by atoms with Crippen molar-refractivity contribution in [2.75, 3.05) is 13.1 Å². The molecule has 2 aromatic carbocycles. The number of rotatable bonds is 2. The number of hydrogen-bond acceptors (Lipinski definition) is 3. The first kappa shape index (κ1) is 18.3. The van der Waals surface area contributed by atoms with Gasteiger partial charge in [-0.1, -0.05) is 30.3 Å². The predicted octanol–water partition coefficient (Wildman–Crippen LogP) is 3.52. The van der Waals surface area contributed by atoms with Gasteiger partial charge in [-0.25, -0.2) is 4.39 Å². The monoisotopic (exact) mass is 394 g/mol. The number of nitrogens with zero attached hydrogens (tertiary/aromatic N) is 2. The van der Waals surface area contributed by atoms with Gasteiger partial charge in [0.05, 0.1) is 6.04 Å². The van der Waals surface area contributed by atoms with E-state index in [0.717, 1.165) is 18.4 Å². The van der Waals surface area contributed by atoms with Crippen molar-refractivity contribution >= 4 is 11.8 Å². The van der Waals surface area contributed by atoms with Crippen LogP contribution in [0, 0.1) is 5.82 Å². The molecule has 0 radical (unpaired) electrons. The largest absolute Gasteiger partial charge is 0.342 e. The summed E-state index contributed by atoms with van der Waals surface area (Å²) in [5, 5.41) is 0. The van der Waals surface area contributed by atoms with Gasteiger partial charge in [0, 0.05) is 31.5 Å². The van der Waals surface area contributed by atoms with Crippen LogP contribution in [0.5, 0.6) is 0 Å². The van der Waals surface area contributed by atoms with E-state index in [2.05, 4.69) is 0 Å². The first-order valence-electron chi connectivity index (χ1n) is 10.2. The molecule has 0 aliphatic carbocycles. The molecule has 5 rings (SSSR count). The van der Waals surface area contributed by atoms with E-state index in [0.29, 0.717) is 31.5 Å². The second kappa shape index (κ2) is 6.95. The number of likely N-dealkylation sites (tertiary alicyclic amines) is 1. The molecule has 3 fully saturated rings. The Morgan fingerprint density at radius 2 is 1.79 bits per heavy atom. The zero-order valence-electron chi connectivity index (χ0n) is 16.1. The summed E-state index contributed by atoms with van der Waals surface area (Å²) in [4.78, 5) is 29.7. The number of carbonyl (C=O) groups is 2. The van der Waals surface area contributed by atoms with Crippen LogP contribution in [0.25, 0.3) is 0 Å². The third-order valence-corrected chi connectivity index (χ3v) is 6.43. The van der Waals surface area contributed by atoms with Crippen LogP contribution in [0.15, 0.2) is 54.6 Å². The van der Waals surface area contributed by atoms with Gasteiger partial charge >= 0.3 is 0 Å². The maximum absolute atomic E-state index is 13.7. The molecule has 2 amide bonds. The van der Waals surface area contributed by atoms with Crippen LogP contribution in [-0.2, 0) is 9.53 Å². The fourth-order valence-corrected chi connectivity index (χ4v) is 4.92. The molecular formula is C23H23FN2O3. The van der Waals surface area contributed by atoms with E-state index in [1.54, 1.807) is 11.0 Å². The van der Waals surface area contributed by atoms with Gasteiger partial charge in [0.1, 0.15) is 12.0 Å². The van der Waals surface area contributed by atoms with E-state index in [9.17, 15) is 14.0 Å². The molecule has 5 nitrogen and oxygen atoms in total. The second-order valence-corrected chi connectivity index (χ2v) is 8.09. The van der Waals surface area contributed by atoms with Gasteiger partial charge in [0.15, 0.2) is 5.60 Å². The average Bonchev–Trinajstić information content (AvgIpc) is 3.27. The molecule has 2 atom stereocenters. The van der Waals surface area contributed by atoms with Crippen LogP contribution in [-0.4, -0.2) is 46.5 Å². The minimum atomic E-state index is -0.857. The summed E-state index contributed by atoms with van der Waals surface area (Å²) in [6.45, 7) is 0.981. The normalized spacial score (nSPS) is 25.5. The topological polar surface area (TPSA) is 49.9 Å². The van der Waals surface area contributed by atoms with Gasteiger partial charge in [0.2, 0.25) is 0 Å². The molecule has 6 heteroatoms. The van der Waals surface area contributed by atoms with Crippen molar-refractivity contribution in [2.24, 2.45) is 0 Å². The molecule has 0 aromatic heterocycles. The fraction of sp³-hybridized carbons (Fsp3) is 0.391. The molecular weight excluding hydrogens is 371 g/mol. The van der Waals surface area contributed by atoms with Crippen molar-refractivity contribution in [3.8, 4) is 0 Å². The number of piperidine rings is 1. The number of amides is 2. The lowest BCUT2D eigenvalue weighted by Crippen LogP contribution is -2.51. The first-order chi connectivity index (χ1) is 14.1. The van der Waals surface area contributed by atoms with Crippen molar-refractivity contribution in [1.82, 2.24) is 9.80 Å². The van der Waals surface area contributed by atoms with Gasteiger partial charge in [-0.15, -0.1) is 0 Å².